The van der Waals surface area contributed by atoms with Crippen LogP contribution in [0.4, 0.5) is 4.79 Å². The number of pyridine rings is 1. The Morgan fingerprint density at radius 1 is 1.28 bits per heavy atom. The van der Waals surface area contributed by atoms with Crippen molar-refractivity contribution in [2.24, 2.45) is 5.92 Å². The minimum atomic E-state index is -0.191. The quantitative estimate of drug-likeness (QED) is 0.902. The number of carbonyl (C=O) groups is 1. The summed E-state index contributed by atoms with van der Waals surface area (Å²) in [5, 5.41) is 12.1. The Kier molecular flexibility index (Phi) is 5.53. The molecule has 0 unspecified atom stereocenters. The lowest BCUT2D eigenvalue weighted by atomic mass is 10.0. The third-order valence-electron chi connectivity index (χ3n) is 4.51. The van der Waals surface area contributed by atoms with Crippen LogP contribution in [-0.2, 0) is 4.74 Å². The Labute approximate surface area is 148 Å². The van der Waals surface area contributed by atoms with Gasteiger partial charge in [-0.2, -0.15) is 0 Å². The second-order valence-corrected chi connectivity index (χ2v) is 7.11. The van der Waals surface area contributed by atoms with Crippen molar-refractivity contribution in [1.29, 1.82) is 0 Å². The summed E-state index contributed by atoms with van der Waals surface area (Å²) in [6.45, 7) is 8.11. The van der Waals surface area contributed by atoms with E-state index in [0.29, 0.717) is 18.6 Å². The minimum absolute atomic E-state index is 0.0989. The number of hydrogen-bond acceptors (Lipinski definition) is 5. The van der Waals surface area contributed by atoms with Gasteiger partial charge in [0.15, 0.2) is 11.5 Å². The maximum absolute atomic E-state index is 12.0. The molecule has 1 N–H and O–H groups in total. The maximum Gasteiger partial charge on any atom is 0.409 e. The number of aromatic nitrogens is 3. The predicted molar refractivity (Wildman–Crippen MR) is 95.3 cm³/mol. The standard InChI is InChI=1S/C18H27N5O2/c1-13(2)12-25-18(24)22-10-7-15(8-11-22)19-14(3)17-21-20-16-6-4-5-9-23(16)17/h4-6,9,13-15,19H,7-8,10-12H2,1-3H3/t14-/m0/s1. The van der Waals surface area contributed by atoms with Crippen LogP contribution in [0.1, 0.15) is 45.5 Å². The first-order chi connectivity index (χ1) is 12.0. The van der Waals surface area contributed by atoms with Crippen LogP contribution in [-0.4, -0.2) is 51.3 Å². The SMILES string of the molecule is CC(C)COC(=O)N1CCC(N[C@@H](C)c2nnc3ccccn23)CC1. The highest BCUT2D eigenvalue weighted by Crippen LogP contribution is 2.17. The summed E-state index contributed by atoms with van der Waals surface area (Å²) in [6.07, 6.45) is 3.62. The summed E-state index contributed by atoms with van der Waals surface area (Å²) in [5.41, 5.74) is 0.855. The maximum atomic E-state index is 12.0. The van der Waals surface area contributed by atoms with Gasteiger partial charge in [-0.3, -0.25) is 4.40 Å². The first-order valence-corrected chi connectivity index (χ1v) is 9.02. The summed E-state index contributed by atoms with van der Waals surface area (Å²) in [6, 6.07) is 6.35. The first-order valence-electron chi connectivity index (χ1n) is 9.02. The number of nitrogens with zero attached hydrogens (tertiary/aromatic N) is 4. The Morgan fingerprint density at radius 3 is 2.76 bits per heavy atom. The molecule has 3 rings (SSSR count). The molecule has 1 amide bonds. The number of fused-ring (bicyclic) bond motifs is 1. The number of carbonyl (C=O) groups excluding carboxylic acids is 1. The van der Waals surface area contributed by atoms with E-state index < -0.39 is 0 Å². The van der Waals surface area contributed by atoms with E-state index in [1.54, 1.807) is 4.90 Å². The fourth-order valence-corrected chi connectivity index (χ4v) is 3.14. The molecule has 1 aliphatic rings. The number of ether oxygens (including phenoxy) is 1. The zero-order chi connectivity index (χ0) is 17.8. The van der Waals surface area contributed by atoms with Crippen molar-refractivity contribution in [3.8, 4) is 0 Å². The molecule has 3 heterocycles. The summed E-state index contributed by atoms with van der Waals surface area (Å²) >= 11 is 0. The van der Waals surface area contributed by atoms with Crippen LogP contribution >= 0.6 is 0 Å². The van der Waals surface area contributed by atoms with Crippen LogP contribution in [0.15, 0.2) is 24.4 Å². The van der Waals surface area contributed by atoms with E-state index in [9.17, 15) is 4.79 Å². The molecule has 0 spiro atoms. The fraction of sp³-hybridized carbons (Fsp3) is 0.611. The van der Waals surface area contributed by atoms with Crippen molar-refractivity contribution >= 4 is 11.7 Å². The summed E-state index contributed by atoms with van der Waals surface area (Å²) in [4.78, 5) is 13.8. The highest BCUT2D eigenvalue weighted by Gasteiger charge is 2.25. The van der Waals surface area contributed by atoms with Crippen LogP contribution in [0, 0.1) is 5.92 Å². The van der Waals surface area contributed by atoms with Crippen molar-refractivity contribution in [3.63, 3.8) is 0 Å². The number of hydrogen-bond donors (Lipinski definition) is 1. The Hall–Kier alpha value is -2.15. The molecular weight excluding hydrogens is 318 g/mol. The van der Waals surface area contributed by atoms with Gasteiger partial charge in [-0.25, -0.2) is 4.79 Å². The van der Waals surface area contributed by atoms with Crippen molar-refractivity contribution in [1.82, 2.24) is 24.8 Å². The summed E-state index contributed by atoms with van der Waals surface area (Å²) in [5.74, 6) is 1.27. The number of rotatable bonds is 5. The third kappa shape index (κ3) is 4.28. The van der Waals surface area contributed by atoms with Crippen molar-refractivity contribution in [3.05, 3.63) is 30.2 Å². The van der Waals surface area contributed by atoms with Gasteiger partial charge >= 0.3 is 6.09 Å². The Bertz CT molecular complexity index is 706. The molecule has 0 saturated carbocycles. The van der Waals surface area contributed by atoms with Gasteiger partial charge in [0.2, 0.25) is 0 Å². The molecule has 0 radical (unpaired) electrons. The summed E-state index contributed by atoms with van der Waals surface area (Å²) in [7, 11) is 0. The molecule has 2 aromatic heterocycles. The van der Waals surface area contributed by atoms with Gasteiger partial charge in [0.1, 0.15) is 0 Å². The van der Waals surface area contributed by atoms with E-state index in [-0.39, 0.29) is 12.1 Å². The van der Waals surface area contributed by atoms with Gasteiger partial charge in [0.05, 0.1) is 12.6 Å². The molecule has 0 aliphatic carbocycles. The van der Waals surface area contributed by atoms with Crippen LogP contribution in [0.5, 0.6) is 0 Å². The van der Waals surface area contributed by atoms with Gasteiger partial charge in [-0.05, 0) is 37.8 Å². The lowest BCUT2D eigenvalue weighted by Crippen LogP contribution is -2.46. The average Bonchev–Trinajstić information content (AvgIpc) is 3.04. The number of piperidine rings is 1. The fourth-order valence-electron chi connectivity index (χ4n) is 3.14. The number of nitrogens with one attached hydrogen (secondary N) is 1. The van der Waals surface area contributed by atoms with Crippen molar-refractivity contribution < 1.29 is 9.53 Å². The summed E-state index contributed by atoms with van der Waals surface area (Å²) < 4.78 is 7.32. The van der Waals surface area contributed by atoms with Gasteiger partial charge in [0, 0.05) is 25.3 Å². The topological polar surface area (TPSA) is 71.8 Å². The second kappa shape index (κ2) is 7.82. The van der Waals surface area contributed by atoms with E-state index in [4.69, 9.17) is 4.74 Å². The Balaban J connectivity index is 1.51. The van der Waals surface area contributed by atoms with Gasteiger partial charge in [-0.1, -0.05) is 19.9 Å². The van der Waals surface area contributed by atoms with E-state index in [1.165, 1.54) is 0 Å². The molecule has 0 aromatic carbocycles. The molecule has 1 atom stereocenters. The Morgan fingerprint density at radius 2 is 2.04 bits per heavy atom. The number of likely N-dealkylation sites (tertiary alicyclic amines) is 1. The van der Waals surface area contributed by atoms with Gasteiger partial charge < -0.3 is 15.0 Å². The molecule has 136 valence electrons. The lowest BCUT2D eigenvalue weighted by molar-refractivity contribution is 0.0811. The normalized spacial score (nSPS) is 17.2. The van der Waals surface area contributed by atoms with E-state index in [2.05, 4.69) is 22.4 Å². The highest BCUT2D eigenvalue weighted by molar-refractivity contribution is 5.67. The van der Waals surface area contributed by atoms with E-state index >= 15 is 0 Å². The second-order valence-electron chi connectivity index (χ2n) is 7.11. The molecule has 0 bridgehead atoms. The molecule has 25 heavy (non-hydrogen) atoms. The van der Waals surface area contributed by atoms with Crippen LogP contribution in [0.3, 0.4) is 0 Å². The largest absolute Gasteiger partial charge is 0.449 e. The molecule has 1 fully saturated rings. The van der Waals surface area contributed by atoms with Crippen molar-refractivity contribution in [2.75, 3.05) is 19.7 Å². The minimum Gasteiger partial charge on any atom is -0.449 e. The molecule has 2 aromatic rings. The van der Waals surface area contributed by atoms with Gasteiger partial charge in [-0.15, -0.1) is 10.2 Å². The van der Waals surface area contributed by atoms with E-state index in [1.807, 2.05) is 42.6 Å². The van der Waals surface area contributed by atoms with E-state index in [0.717, 1.165) is 37.4 Å². The van der Waals surface area contributed by atoms with Crippen LogP contribution in [0.2, 0.25) is 0 Å². The molecule has 1 aliphatic heterocycles. The zero-order valence-electron chi connectivity index (χ0n) is 15.2. The molecule has 7 nitrogen and oxygen atoms in total. The van der Waals surface area contributed by atoms with Crippen molar-refractivity contribution in [2.45, 2.75) is 45.7 Å². The predicted octanol–water partition coefficient (Wildman–Crippen LogP) is 2.64. The zero-order valence-corrected chi connectivity index (χ0v) is 15.2. The van der Waals surface area contributed by atoms with Crippen LogP contribution in [0.25, 0.3) is 5.65 Å². The highest BCUT2D eigenvalue weighted by atomic mass is 16.6. The molecule has 7 heteroatoms. The smallest absolute Gasteiger partial charge is 0.409 e. The lowest BCUT2D eigenvalue weighted by Gasteiger charge is -2.33. The molecular formula is C18H27N5O2. The average molecular weight is 345 g/mol. The third-order valence-corrected chi connectivity index (χ3v) is 4.51. The molecule has 1 saturated heterocycles. The number of amides is 1. The van der Waals surface area contributed by atoms with Gasteiger partial charge in [0.25, 0.3) is 0 Å². The first kappa shape index (κ1) is 17.7. The monoisotopic (exact) mass is 345 g/mol. The van der Waals surface area contributed by atoms with Crippen LogP contribution < -0.4 is 5.32 Å².